The quantitative estimate of drug-likeness (QED) is 0.307. The summed E-state index contributed by atoms with van der Waals surface area (Å²) in [6.45, 7) is 6.74. The number of aromatic amines is 1. The number of halogens is 5. The van der Waals surface area contributed by atoms with E-state index >= 15 is 13.2 Å². The van der Waals surface area contributed by atoms with E-state index in [2.05, 4.69) is 15.2 Å². The Morgan fingerprint density at radius 3 is 2.47 bits per heavy atom. The second-order valence-electron chi connectivity index (χ2n) is 11.1. The Morgan fingerprint density at radius 1 is 1.11 bits per heavy atom. The lowest BCUT2D eigenvalue weighted by molar-refractivity contribution is 0.0515. The van der Waals surface area contributed by atoms with Gasteiger partial charge in [-0.25, -0.2) is 17.6 Å². The zero-order valence-corrected chi connectivity index (χ0v) is 22.1. The minimum atomic E-state index is -1.58. The fraction of sp³-hybridized carbons (Fsp3) is 0.517. The Hall–Kier alpha value is -2.65. The number of anilines is 1. The van der Waals surface area contributed by atoms with E-state index < -0.39 is 29.2 Å². The van der Waals surface area contributed by atoms with E-state index in [0.29, 0.717) is 60.3 Å². The normalized spacial score (nSPS) is 22.3. The predicted molar refractivity (Wildman–Crippen MR) is 141 cm³/mol. The third-order valence-corrected chi connectivity index (χ3v) is 8.12. The van der Waals surface area contributed by atoms with E-state index in [-0.39, 0.29) is 37.3 Å². The molecule has 1 saturated heterocycles. The van der Waals surface area contributed by atoms with Crippen molar-refractivity contribution in [1.82, 2.24) is 14.8 Å². The van der Waals surface area contributed by atoms with Gasteiger partial charge in [0.25, 0.3) is 0 Å². The monoisotopic (exact) mass is 534 g/mol. The van der Waals surface area contributed by atoms with Gasteiger partial charge < -0.3 is 10.3 Å². The van der Waals surface area contributed by atoms with Crippen molar-refractivity contribution in [3.63, 3.8) is 0 Å². The highest BCUT2D eigenvalue weighted by molar-refractivity contribution is 5.86. The van der Waals surface area contributed by atoms with Crippen molar-refractivity contribution in [2.24, 2.45) is 0 Å². The molecule has 3 aromatic rings. The molecule has 3 atom stereocenters. The summed E-state index contributed by atoms with van der Waals surface area (Å²) in [6, 6.07) is 6.04. The van der Waals surface area contributed by atoms with Crippen LogP contribution in [0.2, 0.25) is 0 Å². The van der Waals surface area contributed by atoms with Gasteiger partial charge in [-0.1, -0.05) is 13.0 Å². The highest BCUT2D eigenvalue weighted by atomic mass is 19.2. The van der Waals surface area contributed by atoms with Crippen molar-refractivity contribution in [3.8, 4) is 0 Å². The average molecular weight is 535 g/mol. The first-order valence-electron chi connectivity index (χ1n) is 13.4. The maximum Gasteiger partial charge on any atom is 0.133 e. The van der Waals surface area contributed by atoms with Gasteiger partial charge in [0.2, 0.25) is 0 Å². The molecule has 5 rings (SSSR count). The summed E-state index contributed by atoms with van der Waals surface area (Å²) >= 11 is 0. The Labute approximate surface area is 220 Å². The zero-order chi connectivity index (χ0) is 27.2. The third-order valence-electron chi connectivity index (χ3n) is 8.12. The van der Waals surface area contributed by atoms with Crippen LogP contribution in [0.4, 0.5) is 27.6 Å². The maximum atomic E-state index is 15.8. The number of nitrogens with one attached hydrogen (secondary N) is 2. The van der Waals surface area contributed by atoms with Crippen LogP contribution in [0.1, 0.15) is 56.5 Å². The Bertz CT molecular complexity index is 1280. The van der Waals surface area contributed by atoms with Crippen molar-refractivity contribution in [3.05, 3.63) is 64.6 Å². The van der Waals surface area contributed by atoms with Crippen LogP contribution >= 0.6 is 0 Å². The number of nitrogens with zero attached hydrogens (tertiary/aromatic N) is 2. The van der Waals surface area contributed by atoms with Crippen LogP contribution in [0, 0.1) is 17.5 Å². The molecular formula is C29H35F5N4. The molecule has 0 spiro atoms. The summed E-state index contributed by atoms with van der Waals surface area (Å²) in [7, 11) is 0. The lowest BCUT2D eigenvalue weighted by Crippen LogP contribution is -2.54. The maximum absolute atomic E-state index is 15.8. The van der Waals surface area contributed by atoms with Gasteiger partial charge in [0, 0.05) is 60.1 Å². The number of hydrogen-bond donors (Lipinski definition) is 2. The number of fused-ring (bicyclic) bond motifs is 3. The van der Waals surface area contributed by atoms with E-state index in [1.807, 2.05) is 6.92 Å². The molecule has 3 heterocycles. The number of aromatic nitrogens is 1. The summed E-state index contributed by atoms with van der Waals surface area (Å²) in [6.07, 6.45) is 1.14. The number of benzene rings is 2. The number of alkyl halides is 2. The number of hydrogen-bond acceptors (Lipinski definition) is 3. The molecule has 2 N–H and O–H groups in total. The molecule has 0 bridgehead atoms. The van der Waals surface area contributed by atoms with Gasteiger partial charge in [-0.15, -0.1) is 0 Å². The first kappa shape index (κ1) is 26.9. The topological polar surface area (TPSA) is 34.3 Å². The molecule has 2 aliphatic heterocycles. The van der Waals surface area contributed by atoms with Crippen LogP contribution in [0.15, 0.2) is 30.3 Å². The lowest BCUT2D eigenvalue weighted by atomic mass is 9.86. The van der Waals surface area contributed by atoms with Gasteiger partial charge in [-0.05, 0) is 62.9 Å². The second-order valence-corrected chi connectivity index (χ2v) is 11.1. The van der Waals surface area contributed by atoms with Crippen LogP contribution in [-0.2, 0) is 6.42 Å². The van der Waals surface area contributed by atoms with Gasteiger partial charge in [-0.2, -0.15) is 0 Å². The minimum Gasteiger partial charge on any atom is -0.380 e. The lowest BCUT2D eigenvalue weighted by Gasteiger charge is -2.43. The highest BCUT2D eigenvalue weighted by Crippen LogP contribution is 2.44. The fourth-order valence-corrected chi connectivity index (χ4v) is 5.91. The molecule has 0 aliphatic carbocycles. The summed E-state index contributed by atoms with van der Waals surface area (Å²) in [4.78, 5) is 7.09. The Balaban J connectivity index is 1.52. The van der Waals surface area contributed by atoms with E-state index in [4.69, 9.17) is 0 Å². The molecule has 38 heavy (non-hydrogen) atoms. The Morgan fingerprint density at radius 2 is 1.82 bits per heavy atom. The number of H-pyrrole nitrogens is 1. The van der Waals surface area contributed by atoms with Gasteiger partial charge in [0.15, 0.2) is 0 Å². The number of likely N-dealkylation sites (tertiary alicyclic amines) is 1. The standard InChI is InChI=1S/C29H35F5N4/c1-4-29(3,34)16-38-17(2)11-20-25-21(31)7-5-8-24(25)36-27(20)28(38)26-22(32)12-18(13-23(26)33)35-19-14-37(15-19)10-6-9-30/h5,7-8,12-13,17,19,28,35-36H,4,6,9-11,14-16H2,1-3H3/t17-,28-,29-/m0/s1. The summed E-state index contributed by atoms with van der Waals surface area (Å²) in [5, 5.41) is 3.58. The molecule has 9 heteroatoms. The SMILES string of the molecule is CC[C@](C)(F)CN1[C@@H](c2c(F)cc(NC3CN(CCCF)C3)cc2F)c2[nH]c3cccc(F)c3c2C[C@@H]1C. The first-order valence-corrected chi connectivity index (χ1v) is 13.4. The predicted octanol–water partition coefficient (Wildman–Crippen LogP) is 6.52. The second kappa shape index (κ2) is 10.5. The summed E-state index contributed by atoms with van der Waals surface area (Å²) in [5.41, 5.74) is 0.285. The summed E-state index contributed by atoms with van der Waals surface area (Å²) in [5.74, 6) is -1.88. The molecule has 2 aromatic carbocycles. The van der Waals surface area contributed by atoms with Crippen molar-refractivity contribution in [2.45, 2.75) is 63.8 Å². The molecule has 206 valence electrons. The molecule has 1 aromatic heterocycles. The van der Waals surface area contributed by atoms with E-state index in [1.165, 1.54) is 25.1 Å². The molecule has 0 radical (unpaired) electrons. The molecular weight excluding hydrogens is 499 g/mol. The van der Waals surface area contributed by atoms with E-state index in [0.717, 1.165) is 0 Å². The van der Waals surface area contributed by atoms with Crippen molar-refractivity contribution < 1.29 is 22.0 Å². The molecule has 2 aliphatic rings. The van der Waals surface area contributed by atoms with Crippen molar-refractivity contribution in [1.29, 1.82) is 0 Å². The van der Waals surface area contributed by atoms with Gasteiger partial charge in [-0.3, -0.25) is 14.2 Å². The average Bonchev–Trinajstić information content (AvgIpc) is 3.21. The van der Waals surface area contributed by atoms with Crippen molar-refractivity contribution in [2.75, 3.05) is 38.2 Å². The molecule has 4 nitrogen and oxygen atoms in total. The van der Waals surface area contributed by atoms with Crippen LogP contribution in [0.5, 0.6) is 0 Å². The molecule has 0 amide bonds. The zero-order valence-electron chi connectivity index (χ0n) is 22.1. The van der Waals surface area contributed by atoms with Gasteiger partial charge >= 0.3 is 0 Å². The molecule has 0 saturated carbocycles. The van der Waals surface area contributed by atoms with Crippen LogP contribution in [0.25, 0.3) is 10.9 Å². The van der Waals surface area contributed by atoms with E-state index in [1.54, 1.807) is 24.0 Å². The van der Waals surface area contributed by atoms with Crippen LogP contribution in [-0.4, -0.2) is 65.4 Å². The number of rotatable bonds is 9. The van der Waals surface area contributed by atoms with Crippen LogP contribution in [0.3, 0.4) is 0 Å². The van der Waals surface area contributed by atoms with E-state index in [9.17, 15) is 8.78 Å². The molecule has 0 unspecified atom stereocenters. The largest absolute Gasteiger partial charge is 0.380 e. The minimum absolute atomic E-state index is 0.0190. The third kappa shape index (κ3) is 5.02. The van der Waals surface area contributed by atoms with Gasteiger partial charge in [0.1, 0.15) is 23.1 Å². The first-order chi connectivity index (χ1) is 18.1. The molecule has 1 fully saturated rings. The summed E-state index contributed by atoms with van der Waals surface area (Å²) < 4.78 is 74.3. The fourth-order valence-electron chi connectivity index (χ4n) is 5.91. The smallest absolute Gasteiger partial charge is 0.133 e. The van der Waals surface area contributed by atoms with Crippen LogP contribution < -0.4 is 5.32 Å². The van der Waals surface area contributed by atoms with Gasteiger partial charge in [0.05, 0.1) is 18.8 Å². The Kier molecular flexibility index (Phi) is 7.44. The van der Waals surface area contributed by atoms with Crippen molar-refractivity contribution >= 4 is 16.6 Å². The highest BCUT2D eigenvalue weighted by Gasteiger charge is 2.42.